The number of nitrogens with zero attached hydrogens (tertiary/aromatic N) is 1. The van der Waals surface area contributed by atoms with Gasteiger partial charge in [0.15, 0.2) is 0 Å². The smallest absolute Gasteiger partial charge is 0.115 e. The minimum atomic E-state index is -0.861. The normalized spacial score (nSPS) is 28.1. The standard InChI is InChI=1S/C23H26N2O2/c1-15-5-3-8-18-19-12-23(27)14-25(2)10-9-22(23,13-20(19)24-21(15)18)16-6-4-7-17(26)11-16/h3-8,11,24,26-27H,9-10,12-14H2,1-2H3/t22-,23-/m0/s1. The predicted octanol–water partition coefficient (Wildman–Crippen LogP) is 3.29. The summed E-state index contributed by atoms with van der Waals surface area (Å²) in [6.45, 7) is 3.71. The molecular weight excluding hydrogens is 336 g/mol. The van der Waals surface area contributed by atoms with E-state index in [9.17, 15) is 10.2 Å². The number of phenols is 1. The fraction of sp³-hybridized carbons (Fsp3) is 0.391. The summed E-state index contributed by atoms with van der Waals surface area (Å²) in [4.78, 5) is 5.90. The van der Waals surface area contributed by atoms with Crippen molar-refractivity contribution >= 4 is 10.9 Å². The number of phenolic OH excluding ortho intramolecular Hbond substituents is 1. The Morgan fingerprint density at radius 2 is 1.93 bits per heavy atom. The molecule has 1 aromatic heterocycles. The van der Waals surface area contributed by atoms with Crippen LogP contribution in [-0.2, 0) is 18.3 Å². The van der Waals surface area contributed by atoms with Crippen LogP contribution in [0.15, 0.2) is 42.5 Å². The number of aromatic amines is 1. The second-order valence-electron chi connectivity index (χ2n) is 8.58. The lowest BCUT2D eigenvalue weighted by Gasteiger charge is -2.55. The third-order valence-corrected chi connectivity index (χ3v) is 6.93. The molecule has 0 amide bonds. The Labute approximate surface area is 159 Å². The molecule has 2 aromatic carbocycles. The maximum Gasteiger partial charge on any atom is 0.115 e. The molecule has 0 saturated carbocycles. The topological polar surface area (TPSA) is 59.5 Å². The lowest BCUT2D eigenvalue weighted by atomic mass is 9.56. The summed E-state index contributed by atoms with van der Waals surface area (Å²) in [5, 5.41) is 23.4. The lowest BCUT2D eigenvalue weighted by molar-refractivity contribution is -0.0972. The molecule has 5 rings (SSSR count). The maximum absolute atomic E-state index is 12.0. The number of β-amino-alcohol motifs (C(OH)–C–C–N with tert-alkyl or cyclic N) is 1. The van der Waals surface area contributed by atoms with Crippen LogP contribution in [0.2, 0.25) is 0 Å². The first-order chi connectivity index (χ1) is 12.9. The van der Waals surface area contributed by atoms with Gasteiger partial charge in [-0.05, 0) is 55.8 Å². The van der Waals surface area contributed by atoms with Crippen molar-refractivity contribution in [2.45, 2.75) is 37.2 Å². The fourth-order valence-corrected chi connectivity index (χ4v) is 5.51. The number of aliphatic hydroxyl groups is 1. The number of para-hydroxylation sites is 1. The van der Waals surface area contributed by atoms with Gasteiger partial charge in [0.1, 0.15) is 5.75 Å². The molecule has 3 aromatic rings. The van der Waals surface area contributed by atoms with E-state index in [1.165, 1.54) is 27.7 Å². The zero-order valence-corrected chi connectivity index (χ0v) is 15.9. The molecule has 1 fully saturated rings. The molecule has 1 aliphatic heterocycles. The highest BCUT2D eigenvalue weighted by Gasteiger charge is 2.57. The summed E-state index contributed by atoms with van der Waals surface area (Å²) >= 11 is 0. The van der Waals surface area contributed by atoms with E-state index in [1.54, 1.807) is 6.07 Å². The van der Waals surface area contributed by atoms with E-state index in [-0.39, 0.29) is 11.2 Å². The summed E-state index contributed by atoms with van der Waals surface area (Å²) in [5.41, 5.74) is 4.70. The SMILES string of the molecule is Cc1cccc2c3c([nH]c12)C[C@]1(c2cccc(O)c2)CCN(C)C[C@@]1(O)C3. The van der Waals surface area contributed by atoms with Crippen molar-refractivity contribution in [3.8, 4) is 5.75 Å². The first-order valence-electron chi connectivity index (χ1n) is 9.71. The number of piperidine rings is 1. The van der Waals surface area contributed by atoms with Crippen LogP contribution in [0.4, 0.5) is 0 Å². The number of aromatic hydroxyl groups is 1. The summed E-state index contributed by atoms with van der Waals surface area (Å²) in [6.07, 6.45) is 2.27. The van der Waals surface area contributed by atoms with Crippen LogP contribution in [0.5, 0.6) is 5.75 Å². The number of hydrogen-bond donors (Lipinski definition) is 3. The second kappa shape index (κ2) is 5.60. The van der Waals surface area contributed by atoms with Gasteiger partial charge < -0.3 is 20.1 Å². The van der Waals surface area contributed by atoms with Crippen molar-refractivity contribution in [3.63, 3.8) is 0 Å². The molecular formula is C23H26N2O2. The summed E-state index contributed by atoms with van der Waals surface area (Å²) in [7, 11) is 2.08. The zero-order valence-electron chi connectivity index (χ0n) is 15.9. The summed E-state index contributed by atoms with van der Waals surface area (Å²) in [6, 6.07) is 13.9. The van der Waals surface area contributed by atoms with Crippen molar-refractivity contribution in [1.29, 1.82) is 0 Å². The van der Waals surface area contributed by atoms with Crippen LogP contribution in [0.25, 0.3) is 10.9 Å². The molecule has 1 saturated heterocycles. The summed E-state index contributed by atoms with van der Waals surface area (Å²) < 4.78 is 0. The molecule has 140 valence electrons. The van der Waals surface area contributed by atoms with E-state index in [0.717, 1.165) is 24.9 Å². The number of rotatable bonds is 1. The van der Waals surface area contributed by atoms with Gasteiger partial charge in [0.05, 0.1) is 5.60 Å². The highest BCUT2D eigenvalue weighted by atomic mass is 16.3. The summed E-state index contributed by atoms with van der Waals surface area (Å²) in [5.74, 6) is 0.265. The monoisotopic (exact) mass is 362 g/mol. The number of aromatic nitrogens is 1. The molecule has 4 nitrogen and oxygen atoms in total. The zero-order chi connectivity index (χ0) is 18.8. The Morgan fingerprint density at radius 3 is 2.74 bits per heavy atom. The Balaban J connectivity index is 1.74. The number of hydrogen-bond acceptors (Lipinski definition) is 3. The number of nitrogens with one attached hydrogen (secondary N) is 1. The van der Waals surface area contributed by atoms with Crippen LogP contribution in [0.1, 0.15) is 28.8 Å². The van der Waals surface area contributed by atoms with Crippen LogP contribution in [0.3, 0.4) is 0 Å². The fourth-order valence-electron chi connectivity index (χ4n) is 5.51. The highest BCUT2D eigenvalue weighted by Crippen LogP contribution is 2.51. The molecule has 1 aliphatic carbocycles. The van der Waals surface area contributed by atoms with Crippen LogP contribution in [0, 0.1) is 6.92 Å². The Kier molecular flexibility index (Phi) is 3.49. The van der Waals surface area contributed by atoms with Crippen molar-refractivity contribution in [1.82, 2.24) is 9.88 Å². The average Bonchev–Trinajstić information content (AvgIpc) is 2.97. The van der Waals surface area contributed by atoms with Gasteiger partial charge in [-0.2, -0.15) is 0 Å². The molecule has 4 heteroatoms. The van der Waals surface area contributed by atoms with Gasteiger partial charge in [-0.1, -0.05) is 30.3 Å². The van der Waals surface area contributed by atoms with Gasteiger partial charge in [-0.25, -0.2) is 0 Å². The molecule has 0 spiro atoms. The maximum atomic E-state index is 12.0. The van der Waals surface area contributed by atoms with Gasteiger partial charge in [0.2, 0.25) is 0 Å². The van der Waals surface area contributed by atoms with Gasteiger partial charge in [0, 0.05) is 41.4 Å². The van der Waals surface area contributed by atoms with Crippen molar-refractivity contribution in [3.05, 3.63) is 64.8 Å². The number of likely N-dealkylation sites (tertiary alicyclic amines) is 1. The molecule has 0 bridgehead atoms. The quantitative estimate of drug-likeness (QED) is 0.623. The van der Waals surface area contributed by atoms with Crippen LogP contribution >= 0.6 is 0 Å². The number of likely N-dealkylation sites (N-methyl/N-ethyl adjacent to an activating group) is 1. The van der Waals surface area contributed by atoms with Gasteiger partial charge in [0.25, 0.3) is 0 Å². The Bertz CT molecular complexity index is 1040. The minimum Gasteiger partial charge on any atom is -0.508 e. The minimum absolute atomic E-state index is 0.265. The molecule has 0 radical (unpaired) electrons. The first-order valence-corrected chi connectivity index (χ1v) is 9.71. The van der Waals surface area contributed by atoms with E-state index in [4.69, 9.17) is 0 Å². The van der Waals surface area contributed by atoms with E-state index < -0.39 is 5.60 Å². The number of H-pyrrole nitrogens is 1. The number of benzene rings is 2. The van der Waals surface area contributed by atoms with Crippen LogP contribution < -0.4 is 0 Å². The number of fused-ring (bicyclic) bond motifs is 4. The van der Waals surface area contributed by atoms with Crippen molar-refractivity contribution in [2.75, 3.05) is 20.1 Å². The largest absolute Gasteiger partial charge is 0.508 e. The molecule has 2 heterocycles. The third kappa shape index (κ3) is 2.30. The Morgan fingerprint density at radius 1 is 1.11 bits per heavy atom. The number of aryl methyl sites for hydroxylation is 1. The molecule has 0 unspecified atom stereocenters. The average molecular weight is 362 g/mol. The van der Waals surface area contributed by atoms with E-state index in [2.05, 4.69) is 48.1 Å². The molecule has 2 aliphatic rings. The van der Waals surface area contributed by atoms with E-state index >= 15 is 0 Å². The predicted molar refractivity (Wildman–Crippen MR) is 107 cm³/mol. The molecule has 27 heavy (non-hydrogen) atoms. The van der Waals surface area contributed by atoms with E-state index in [0.29, 0.717) is 13.0 Å². The molecule has 3 N–H and O–H groups in total. The van der Waals surface area contributed by atoms with Gasteiger partial charge in [-0.3, -0.25) is 0 Å². The van der Waals surface area contributed by atoms with Gasteiger partial charge in [-0.15, -0.1) is 0 Å². The van der Waals surface area contributed by atoms with Gasteiger partial charge >= 0.3 is 0 Å². The first kappa shape index (κ1) is 16.8. The van der Waals surface area contributed by atoms with Crippen LogP contribution in [-0.4, -0.2) is 45.8 Å². The Hall–Kier alpha value is -2.30. The molecule has 2 atom stereocenters. The lowest BCUT2D eigenvalue weighted by Crippen LogP contribution is -2.65. The van der Waals surface area contributed by atoms with Crippen molar-refractivity contribution < 1.29 is 10.2 Å². The second-order valence-corrected chi connectivity index (χ2v) is 8.58. The third-order valence-electron chi connectivity index (χ3n) is 6.93. The van der Waals surface area contributed by atoms with E-state index in [1.807, 2.05) is 12.1 Å². The highest BCUT2D eigenvalue weighted by molar-refractivity contribution is 5.88. The van der Waals surface area contributed by atoms with Crippen molar-refractivity contribution in [2.24, 2.45) is 0 Å².